The summed E-state index contributed by atoms with van der Waals surface area (Å²) in [5.74, 6) is -0.142. The van der Waals surface area contributed by atoms with Crippen LogP contribution in [0, 0.1) is 5.82 Å². The second-order valence-corrected chi connectivity index (χ2v) is 4.55. The van der Waals surface area contributed by atoms with Crippen molar-refractivity contribution in [2.24, 2.45) is 0 Å². The second-order valence-electron chi connectivity index (χ2n) is 4.55. The molecule has 0 aromatic heterocycles. The van der Waals surface area contributed by atoms with Crippen molar-refractivity contribution >= 4 is 0 Å². The standard InChI is InChI=1S/C14H20FNO/c15-14-8-4-1-5-12(14)11-16-9-10-17-13-6-2-3-7-13/h1,4-5,8,13,16H,2-3,6-7,9-11H2. The highest BCUT2D eigenvalue weighted by atomic mass is 19.1. The lowest BCUT2D eigenvalue weighted by molar-refractivity contribution is 0.0602. The van der Waals surface area contributed by atoms with Gasteiger partial charge in [0.25, 0.3) is 0 Å². The molecule has 0 atom stereocenters. The lowest BCUT2D eigenvalue weighted by Crippen LogP contribution is -2.22. The first-order valence-electron chi connectivity index (χ1n) is 6.42. The van der Waals surface area contributed by atoms with E-state index >= 15 is 0 Å². The zero-order valence-electron chi connectivity index (χ0n) is 10.1. The average molecular weight is 237 g/mol. The number of hydrogen-bond donors (Lipinski definition) is 1. The Labute approximate surface area is 102 Å². The summed E-state index contributed by atoms with van der Waals surface area (Å²) in [5.41, 5.74) is 0.716. The molecule has 1 aliphatic carbocycles. The molecule has 1 aromatic rings. The molecule has 0 bridgehead atoms. The fourth-order valence-corrected chi connectivity index (χ4v) is 2.22. The number of hydrogen-bond acceptors (Lipinski definition) is 2. The Morgan fingerprint density at radius 2 is 2.00 bits per heavy atom. The minimum atomic E-state index is -0.142. The fourth-order valence-electron chi connectivity index (χ4n) is 2.22. The SMILES string of the molecule is Fc1ccccc1CNCCOC1CCCC1. The van der Waals surface area contributed by atoms with Crippen LogP contribution < -0.4 is 5.32 Å². The minimum absolute atomic E-state index is 0.142. The molecule has 0 aliphatic heterocycles. The van der Waals surface area contributed by atoms with Crippen LogP contribution in [0.25, 0.3) is 0 Å². The van der Waals surface area contributed by atoms with Crippen molar-refractivity contribution in [3.8, 4) is 0 Å². The quantitative estimate of drug-likeness (QED) is 0.768. The van der Waals surface area contributed by atoms with Gasteiger partial charge in [0.2, 0.25) is 0 Å². The molecule has 1 saturated carbocycles. The van der Waals surface area contributed by atoms with E-state index in [-0.39, 0.29) is 5.82 Å². The summed E-state index contributed by atoms with van der Waals surface area (Å²) in [7, 11) is 0. The van der Waals surface area contributed by atoms with Gasteiger partial charge >= 0.3 is 0 Å². The third-order valence-electron chi connectivity index (χ3n) is 3.21. The molecule has 94 valence electrons. The molecular formula is C14H20FNO. The van der Waals surface area contributed by atoms with Crippen LogP contribution in [0.5, 0.6) is 0 Å². The molecule has 17 heavy (non-hydrogen) atoms. The van der Waals surface area contributed by atoms with E-state index in [2.05, 4.69) is 5.32 Å². The van der Waals surface area contributed by atoms with Gasteiger partial charge in [0.15, 0.2) is 0 Å². The van der Waals surface area contributed by atoms with Gasteiger partial charge in [-0.05, 0) is 18.9 Å². The van der Waals surface area contributed by atoms with Gasteiger partial charge in [-0.15, -0.1) is 0 Å². The van der Waals surface area contributed by atoms with Crippen LogP contribution in [0.4, 0.5) is 4.39 Å². The lowest BCUT2D eigenvalue weighted by atomic mass is 10.2. The summed E-state index contributed by atoms with van der Waals surface area (Å²) in [5, 5.41) is 3.20. The van der Waals surface area contributed by atoms with Crippen LogP contribution in [0.3, 0.4) is 0 Å². The van der Waals surface area contributed by atoms with Crippen LogP contribution in [0.15, 0.2) is 24.3 Å². The van der Waals surface area contributed by atoms with E-state index in [4.69, 9.17) is 4.74 Å². The molecule has 0 radical (unpaired) electrons. The lowest BCUT2D eigenvalue weighted by Gasteiger charge is -2.11. The van der Waals surface area contributed by atoms with Gasteiger partial charge in [0.05, 0.1) is 12.7 Å². The van der Waals surface area contributed by atoms with Crippen molar-refractivity contribution < 1.29 is 9.13 Å². The van der Waals surface area contributed by atoms with E-state index in [1.54, 1.807) is 12.1 Å². The summed E-state index contributed by atoms with van der Waals surface area (Å²) in [6.45, 7) is 2.07. The van der Waals surface area contributed by atoms with Crippen molar-refractivity contribution in [2.75, 3.05) is 13.2 Å². The maximum absolute atomic E-state index is 13.3. The number of rotatable bonds is 6. The van der Waals surface area contributed by atoms with Crippen LogP contribution >= 0.6 is 0 Å². The fraction of sp³-hybridized carbons (Fsp3) is 0.571. The monoisotopic (exact) mass is 237 g/mol. The van der Waals surface area contributed by atoms with Gasteiger partial charge in [-0.25, -0.2) is 4.39 Å². The van der Waals surface area contributed by atoms with Gasteiger partial charge < -0.3 is 10.1 Å². The number of benzene rings is 1. The molecule has 2 rings (SSSR count). The van der Waals surface area contributed by atoms with Gasteiger partial charge in [0, 0.05) is 18.7 Å². The number of halogens is 1. The predicted octanol–water partition coefficient (Wildman–Crippen LogP) is 2.87. The van der Waals surface area contributed by atoms with E-state index in [0.29, 0.717) is 18.2 Å². The smallest absolute Gasteiger partial charge is 0.127 e. The van der Waals surface area contributed by atoms with Crippen molar-refractivity contribution in [3.63, 3.8) is 0 Å². The number of nitrogens with one attached hydrogen (secondary N) is 1. The van der Waals surface area contributed by atoms with E-state index in [1.807, 2.05) is 6.07 Å². The Bertz CT molecular complexity index is 337. The number of ether oxygens (including phenoxy) is 1. The molecule has 1 fully saturated rings. The first-order chi connectivity index (χ1) is 8.36. The van der Waals surface area contributed by atoms with Crippen LogP contribution in [0.1, 0.15) is 31.2 Å². The van der Waals surface area contributed by atoms with Crippen LogP contribution in [-0.2, 0) is 11.3 Å². The normalized spacial score (nSPS) is 16.5. The van der Waals surface area contributed by atoms with Gasteiger partial charge in [-0.1, -0.05) is 31.0 Å². The highest BCUT2D eigenvalue weighted by molar-refractivity contribution is 5.16. The minimum Gasteiger partial charge on any atom is -0.377 e. The summed E-state index contributed by atoms with van der Waals surface area (Å²) in [6, 6.07) is 6.86. The van der Waals surface area contributed by atoms with Gasteiger partial charge in [-0.3, -0.25) is 0 Å². The van der Waals surface area contributed by atoms with Gasteiger partial charge in [-0.2, -0.15) is 0 Å². The molecule has 3 heteroatoms. The van der Waals surface area contributed by atoms with Crippen molar-refractivity contribution in [1.29, 1.82) is 0 Å². The molecule has 1 aliphatic rings. The first kappa shape index (κ1) is 12.5. The Kier molecular flexibility index (Phi) is 4.95. The van der Waals surface area contributed by atoms with Gasteiger partial charge in [0.1, 0.15) is 5.82 Å². The molecule has 2 nitrogen and oxygen atoms in total. The Morgan fingerprint density at radius 3 is 2.76 bits per heavy atom. The average Bonchev–Trinajstić information content (AvgIpc) is 2.84. The highest BCUT2D eigenvalue weighted by Crippen LogP contribution is 2.20. The van der Waals surface area contributed by atoms with Crippen LogP contribution in [0.2, 0.25) is 0 Å². The molecule has 0 spiro atoms. The molecule has 1 aromatic carbocycles. The summed E-state index contributed by atoms with van der Waals surface area (Å²) in [4.78, 5) is 0. The predicted molar refractivity (Wildman–Crippen MR) is 66.3 cm³/mol. The largest absolute Gasteiger partial charge is 0.377 e. The zero-order chi connectivity index (χ0) is 11.9. The highest BCUT2D eigenvalue weighted by Gasteiger charge is 2.14. The summed E-state index contributed by atoms with van der Waals surface area (Å²) in [6.07, 6.45) is 5.46. The maximum atomic E-state index is 13.3. The maximum Gasteiger partial charge on any atom is 0.127 e. The molecular weight excluding hydrogens is 217 g/mol. The van der Waals surface area contributed by atoms with Crippen LogP contribution in [-0.4, -0.2) is 19.3 Å². The van der Waals surface area contributed by atoms with Crippen molar-refractivity contribution in [3.05, 3.63) is 35.6 Å². The van der Waals surface area contributed by atoms with E-state index in [0.717, 1.165) is 13.2 Å². The third kappa shape index (κ3) is 4.10. The topological polar surface area (TPSA) is 21.3 Å². The molecule has 1 N–H and O–H groups in total. The Hall–Kier alpha value is -0.930. The zero-order valence-corrected chi connectivity index (χ0v) is 10.1. The van der Waals surface area contributed by atoms with E-state index in [9.17, 15) is 4.39 Å². The second kappa shape index (κ2) is 6.72. The van der Waals surface area contributed by atoms with Crippen molar-refractivity contribution in [1.82, 2.24) is 5.32 Å². The molecule has 0 amide bonds. The molecule has 0 saturated heterocycles. The van der Waals surface area contributed by atoms with E-state index < -0.39 is 0 Å². The van der Waals surface area contributed by atoms with Crippen molar-refractivity contribution in [2.45, 2.75) is 38.3 Å². The Morgan fingerprint density at radius 1 is 1.24 bits per heavy atom. The molecule has 0 heterocycles. The van der Waals surface area contributed by atoms with E-state index in [1.165, 1.54) is 31.7 Å². The summed E-state index contributed by atoms with van der Waals surface area (Å²) >= 11 is 0. The summed E-state index contributed by atoms with van der Waals surface area (Å²) < 4.78 is 19.0. The first-order valence-corrected chi connectivity index (χ1v) is 6.42. The Balaban J connectivity index is 1.58. The third-order valence-corrected chi connectivity index (χ3v) is 3.21. The molecule has 0 unspecified atom stereocenters.